The molecule has 2 aromatic rings. The summed E-state index contributed by atoms with van der Waals surface area (Å²) in [6.07, 6.45) is 4.58. The molecule has 1 aliphatic carbocycles. The second kappa shape index (κ2) is 9.85. The van der Waals surface area contributed by atoms with Crippen LogP contribution in [0.3, 0.4) is 0 Å². The van der Waals surface area contributed by atoms with Crippen LogP contribution in [0.1, 0.15) is 49.7 Å². The van der Waals surface area contributed by atoms with Gasteiger partial charge in [0.1, 0.15) is 5.54 Å². The molecule has 0 aromatic heterocycles. The van der Waals surface area contributed by atoms with E-state index in [1.807, 2.05) is 54.6 Å². The van der Waals surface area contributed by atoms with Crippen LogP contribution in [0.2, 0.25) is 0 Å². The summed E-state index contributed by atoms with van der Waals surface area (Å²) in [6.45, 7) is 1.55. The molecule has 1 saturated carbocycles. The van der Waals surface area contributed by atoms with Crippen molar-refractivity contribution in [2.45, 2.75) is 57.2 Å². The standard InChI is InChI=1S/C25H30N4O3/c30-22-9-6-16-29(22)21-12-10-20(11-13-21)17-26-23(31)25(14-4-5-15-25)28-24(32)27-18-19-7-2-1-3-8-19/h1-3,7-8,10-13H,4-6,9,14-18H2,(H,26,31)(H2,27,28,32). The molecule has 0 radical (unpaired) electrons. The minimum atomic E-state index is -0.872. The Bertz CT molecular complexity index is 953. The van der Waals surface area contributed by atoms with E-state index in [0.29, 0.717) is 32.4 Å². The minimum Gasteiger partial charge on any atom is -0.350 e. The first-order valence-electron chi connectivity index (χ1n) is 11.3. The SMILES string of the molecule is O=C(NCc1ccccc1)NC1(C(=O)NCc2ccc(N3CCCC3=O)cc2)CCCC1. The number of hydrogen-bond acceptors (Lipinski definition) is 3. The maximum Gasteiger partial charge on any atom is 0.315 e. The van der Waals surface area contributed by atoms with Gasteiger partial charge in [-0.05, 0) is 42.5 Å². The van der Waals surface area contributed by atoms with Crippen LogP contribution in [0.5, 0.6) is 0 Å². The molecular formula is C25H30N4O3. The highest BCUT2D eigenvalue weighted by Gasteiger charge is 2.42. The van der Waals surface area contributed by atoms with Crippen molar-refractivity contribution in [1.29, 1.82) is 0 Å². The van der Waals surface area contributed by atoms with Gasteiger partial charge in [0.2, 0.25) is 11.8 Å². The van der Waals surface area contributed by atoms with E-state index >= 15 is 0 Å². The number of carbonyl (C=O) groups is 3. The van der Waals surface area contributed by atoms with Gasteiger partial charge in [-0.1, -0.05) is 55.3 Å². The average Bonchev–Trinajstić information content (AvgIpc) is 3.47. The zero-order valence-corrected chi connectivity index (χ0v) is 18.2. The van der Waals surface area contributed by atoms with Gasteiger partial charge in [0.05, 0.1) is 0 Å². The third kappa shape index (κ3) is 5.10. The Balaban J connectivity index is 1.31. The fourth-order valence-electron chi connectivity index (χ4n) is 4.49. The molecule has 1 heterocycles. The Morgan fingerprint density at radius 1 is 0.844 bits per heavy atom. The number of anilines is 1. The van der Waals surface area contributed by atoms with Crippen LogP contribution in [-0.4, -0.2) is 29.9 Å². The molecule has 0 bridgehead atoms. The summed E-state index contributed by atoms with van der Waals surface area (Å²) < 4.78 is 0. The van der Waals surface area contributed by atoms with Crippen LogP contribution in [0.25, 0.3) is 0 Å². The fourth-order valence-corrected chi connectivity index (χ4v) is 4.49. The number of carbonyl (C=O) groups excluding carboxylic acids is 3. The number of amides is 4. The molecule has 4 amide bonds. The fraction of sp³-hybridized carbons (Fsp3) is 0.400. The number of nitrogens with zero attached hydrogens (tertiary/aromatic N) is 1. The van der Waals surface area contributed by atoms with E-state index in [2.05, 4.69) is 16.0 Å². The predicted molar refractivity (Wildman–Crippen MR) is 123 cm³/mol. The van der Waals surface area contributed by atoms with E-state index in [4.69, 9.17) is 0 Å². The quantitative estimate of drug-likeness (QED) is 0.625. The lowest BCUT2D eigenvalue weighted by Gasteiger charge is -2.29. The third-order valence-corrected chi connectivity index (χ3v) is 6.31. The Kier molecular flexibility index (Phi) is 6.73. The van der Waals surface area contributed by atoms with E-state index in [0.717, 1.165) is 42.6 Å². The predicted octanol–water partition coefficient (Wildman–Crippen LogP) is 3.24. The molecule has 7 heteroatoms. The largest absolute Gasteiger partial charge is 0.350 e. The number of benzene rings is 2. The van der Waals surface area contributed by atoms with Gasteiger partial charge in [0, 0.05) is 31.7 Å². The molecule has 2 fully saturated rings. The number of hydrogen-bond donors (Lipinski definition) is 3. The van der Waals surface area contributed by atoms with E-state index in [9.17, 15) is 14.4 Å². The van der Waals surface area contributed by atoms with Crippen LogP contribution < -0.4 is 20.9 Å². The van der Waals surface area contributed by atoms with Crippen molar-refractivity contribution in [2.24, 2.45) is 0 Å². The van der Waals surface area contributed by atoms with E-state index < -0.39 is 5.54 Å². The van der Waals surface area contributed by atoms with Gasteiger partial charge in [0.25, 0.3) is 0 Å². The van der Waals surface area contributed by atoms with Crippen molar-refractivity contribution in [3.05, 3.63) is 65.7 Å². The van der Waals surface area contributed by atoms with Crippen molar-refractivity contribution in [3.8, 4) is 0 Å². The first-order valence-corrected chi connectivity index (χ1v) is 11.3. The molecule has 3 N–H and O–H groups in total. The Labute approximate surface area is 188 Å². The van der Waals surface area contributed by atoms with Crippen molar-refractivity contribution in [2.75, 3.05) is 11.4 Å². The Morgan fingerprint density at radius 2 is 1.50 bits per heavy atom. The van der Waals surface area contributed by atoms with Gasteiger partial charge < -0.3 is 20.9 Å². The van der Waals surface area contributed by atoms with Crippen molar-refractivity contribution in [3.63, 3.8) is 0 Å². The highest BCUT2D eigenvalue weighted by molar-refractivity contribution is 5.95. The Morgan fingerprint density at radius 3 is 2.16 bits per heavy atom. The van der Waals surface area contributed by atoms with Crippen molar-refractivity contribution < 1.29 is 14.4 Å². The van der Waals surface area contributed by atoms with Crippen LogP contribution in [0.4, 0.5) is 10.5 Å². The zero-order chi connectivity index (χ0) is 22.4. The van der Waals surface area contributed by atoms with Crippen molar-refractivity contribution >= 4 is 23.5 Å². The topological polar surface area (TPSA) is 90.5 Å². The summed E-state index contributed by atoms with van der Waals surface area (Å²) in [5.41, 5.74) is 1.98. The molecule has 4 rings (SSSR count). The smallest absolute Gasteiger partial charge is 0.315 e. The number of rotatable bonds is 7. The highest BCUT2D eigenvalue weighted by atomic mass is 16.2. The molecular weight excluding hydrogens is 404 g/mol. The lowest BCUT2D eigenvalue weighted by atomic mass is 9.96. The van der Waals surface area contributed by atoms with Gasteiger partial charge in [-0.2, -0.15) is 0 Å². The summed E-state index contributed by atoms with van der Waals surface area (Å²) in [5.74, 6) is 0.00880. The maximum absolute atomic E-state index is 13.1. The maximum atomic E-state index is 13.1. The molecule has 1 saturated heterocycles. The van der Waals surface area contributed by atoms with E-state index in [1.54, 1.807) is 4.90 Å². The molecule has 2 aromatic carbocycles. The summed E-state index contributed by atoms with van der Waals surface area (Å²) in [6, 6.07) is 17.1. The van der Waals surface area contributed by atoms with Gasteiger partial charge >= 0.3 is 6.03 Å². The molecule has 32 heavy (non-hydrogen) atoms. The molecule has 168 valence electrons. The number of nitrogens with one attached hydrogen (secondary N) is 3. The second-order valence-electron chi connectivity index (χ2n) is 8.58. The lowest BCUT2D eigenvalue weighted by Crippen LogP contribution is -2.59. The molecule has 0 unspecified atom stereocenters. The average molecular weight is 435 g/mol. The second-order valence-corrected chi connectivity index (χ2v) is 8.58. The molecule has 0 atom stereocenters. The molecule has 1 aliphatic heterocycles. The minimum absolute atomic E-state index is 0.149. The van der Waals surface area contributed by atoms with Gasteiger partial charge in [-0.25, -0.2) is 4.79 Å². The van der Waals surface area contributed by atoms with Gasteiger partial charge in [0.15, 0.2) is 0 Å². The van der Waals surface area contributed by atoms with Crippen LogP contribution >= 0.6 is 0 Å². The van der Waals surface area contributed by atoms with Crippen LogP contribution in [0, 0.1) is 0 Å². The Hall–Kier alpha value is -3.35. The van der Waals surface area contributed by atoms with Gasteiger partial charge in [-0.3, -0.25) is 9.59 Å². The third-order valence-electron chi connectivity index (χ3n) is 6.31. The molecule has 7 nitrogen and oxygen atoms in total. The molecule has 0 spiro atoms. The van der Waals surface area contributed by atoms with Crippen LogP contribution in [-0.2, 0) is 22.7 Å². The lowest BCUT2D eigenvalue weighted by molar-refractivity contribution is -0.127. The molecule has 2 aliphatic rings. The summed E-state index contributed by atoms with van der Waals surface area (Å²) in [7, 11) is 0. The van der Waals surface area contributed by atoms with E-state index in [1.165, 1.54) is 0 Å². The first kappa shape index (κ1) is 21.9. The van der Waals surface area contributed by atoms with Crippen molar-refractivity contribution in [1.82, 2.24) is 16.0 Å². The summed E-state index contributed by atoms with van der Waals surface area (Å²) >= 11 is 0. The van der Waals surface area contributed by atoms with E-state index in [-0.39, 0.29) is 17.8 Å². The summed E-state index contributed by atoms with van der Waals surface area (Å²) in [4.78, 5) is 39.3. The normalized spacial score (nSPS) is 17.2. The summed E-state index contributed by atoms with van der Waals surface area (Å²) in [5, 5.41) is 8.79. The van der Waals surface area contributed by atoms with Gasteiger partial charge in [-0.15, -0.1) is 0 Å². The zero-order valence-electron chi connectivity index (χ0n) is 18.2. The number of urea groups is 1. The van der Waals surface area contributed by atoms with Crippen LogP contribution in [0.15, 0.2) is 54.6 Å². The monoisotopic (exact) mass is 434 g/mol. The highest BCUT2D eigenvalue weighted by Crippen LogP contribution is 2.30. The first-order chi connectivity index (χ1) is 15.6.